The first-order chi connectivity index (χ1) is 6.91. The number of hydrogen-bond donors (Lipinski definition) is 0. The maximum Gasteiger partial charge on any atom is 0.262 e. The Morgan fingerprint density at radius 2 is 2.07 bits per heavy atom. The van der Waals surface area contributed by atoms with Crippen LogP contribution in [-0.4, -0.2) is 8.42 Å². The van der Waals surface area contributed by atoms with Gasteiger partial charge in [0, 0.05) is 15.7 Å². The Hall–Kier alpha value is -0.760. The quantitative estimate of drug-likeness (QED) is 0.771. The summed E-state index contributed by atoms with van der Waals surface area (Å²) in [6.07, 6.45) is 0.398. The lowest BCUT2D eigenvalue weighted by Crippen LogP contribution is -2.01. The fourth-order valence-electron chi connectivity index (χ4n) is 1.30. The van der Waals surface area contributed by atoms with E-state index in [1.807, 2.05) is 0 Å². The van der Waals surface area contributed by atoms with Gasteiger partial charge in [-0.2, -0.15) is 5.26 Å². The molecule has 0 aliphatic heterocycles. The summed E-state index contributed by atoms with van der Waals surface area (Å²) in [6.45, 7) is 1.74. The fraction of sp³-hybridized carbons (Fsp3) is 0.222. The molecule has 0 heterocycles. The van der Waals surface area contributed by atoms with E-state index in [1.54, 1.807) is 13.0 Å². The van der Waals surface area contributed by atoms with Crippen LogP contribution in [0.15, 0.2) is 17.0 Å². The van der Waals surface area contributed by atoms with E-state index in [-0.39, 0.29) is 10.5 Å². The summed E-state index contributed by atoms with van der Waals surface area (Å²) in [5, 5.41) is 9.08. The molecule has 0 spiro atoms. The van der Waals surface area contributed by atoms with E-state index in [0.717, 1.165) is 0 Å². The summed E-state index contributed by atoms with van der Waals surface area (Å²) in [4.78, 5) is -0.179. The maximum atomic E-state index is 11.3. The molecule has 80 valence electrons. The molecule has 15 heavy (non-hydrogen) atoms. The minimum absolute atomic E-state index is 0.0197. The van der Waals surface area contributed by atoms with Gasteiger partial charge in [-0.05, 0) is 24.1 Å². The van der Waals surface area contributed by atoms with E-state index in [2.05, 4.69) is 0 Å². The topological polar surface area (TPSA) is 57.9 Å². The molecule has 0 unspecified atom stereocenters. The van der Waals surface area contributed by atoms with Gasteiger partial charge in [-0.1, -0.05) is 18.5 Å². The Kier molecular flexibility index (Phi) is 3.61. The average Bonchev–Trinajstić information content (AvgIpc) is 2.15. The molecule has 0 aliphatic rings. The van der Waals surface area contributed by atoms with Crippen molar-refractivity contribution in [1.29, 1.82) is 5.26 Å². The van der Waals surface area contributed by atoms with Gasteiger partial charge in [0.1, 0.15) is 11.0 Å². The van der Waals surface area contributed by atoms with Crippen LogP contribution < -0.4 is 0 Å². The Morgan fingerprint density at radius 3 is 2.47 bits per heavy atom. The van der Waals surface area contributed by atoms with Crippen LogP contribution in [0, 0.1) is 11.3 Å². The van der Waals surface area contributed by atoms with Crippen LogP contribution in [0.3, 0.4) is 0 Å². The van der Waals surface area contributed by atoms with Crippen LogP contribution in [0.2, 0.25) is 5.02 Å². The van der Waals surface area contributed by atoms with Crippen molar-refractivity contribution in [3.05, 3.63) is 28.3 Å². The number of rotatable bonds is 2. The molecule has 6 heteroatoms. The summed E-state index contributed by atoms with van der Waals surface area (Å²) in [5.41, 5.74) is 0.400. The Bertz CT molecular complexity index is 532. The fourth-order valence-corrected chi connectivity index (χ4v) is 3.10. The SMILES string of the molecule is CCc1c(Cl)ccc(C#N)c1S(=O)(=O)Cl. The lowest BCUT2D eigenvalue weighted by atomic mass is 10.1. The highest BCUT2D eigenvalue weighted by Crippen LogP contribution is 2.30. The van der Waals surface area contributed by atoms with Gasteiger partial charge in [0.15, 0.2) is 0 Å². The monoisotopic (exact) mass is 263 g/mol. The van der Waals surface area contributed by atoms with Crippen molar-refractivity contribution in [3.8, 4) is 6.07 Å². The molecular formula is C9H7Cl2NO2S. The summed E-state index contributed by atoms with van der Waals surface area (Å²) >= 11 is 5.83. The van der Waals surface area contributed by atoms with Gasteiger partial charge in [-0.25, -0.2) is 8.42 Å². The lowest BCUT2D eigenvalue weighted by molar-refractivity contribution is 0.608. The molecule has 0 aromatic heterocycles. The van der Waals surface area contributed by atoms with Gasteiger partial charge in [0.2, 0.25) is 0 Å². The highest BCUT2D eigenvalue weighted by molar-refractivity contribution is 8.13. The Labute approximate surface area is 97.7 Å². The van der Waals surface area contributed by atoms with Gasteiger partial charge < -0.3 is 0 Å². The zero-order valence-corrected chi connectivity index (χ0v) is 10.1. The molecule has 1 aromatic carbocycles. The number of nitrogens with zero attached hydrogens (tertiary/aromatic N) is 1. The van der Waals surface area contributed by atoms with E-state index >= 15 is 0 Å². The molecule has 0 fully saturated rings. The second kappa shape index (κ2) is 4.40. The average molecular weight is 264 g/mol. The van der Waals surface area contributed by atoms with Crippen molar-refractivity contribution >= 4 is 31.3 Å². The minimum Gasteiger partial charge on any atom is -0.207 e. The van der Waals surface area contributed by atoms with E-state index in [1.165, 1.54) is 12.1 Å². The van der Waals surface area contributed by atoms with Gasteiger partial charge >= 0.3 is 0 Å². The number of benzene rings is 1. The summed E-state index contributed by atoms with van der Waals surface area (Å²) in [7, 11) is 1.32. The molecule has 0 saturated heterocycles. The molecular weight excluding hydrogens is 257 g/mol. The molecule has 3 nitrogen and oxygen atoms in total. The number of halogens is 2. The number of nitriles is 1. The Morgan fingerprint density at radius 1 is 1.47 bits per heavy atom. The summed E-state index contributed by atoms with van der Waals surface area (Å²) in [6, 6.07) is 4.62. The molecule has 0 amide bonds. The van der Waals surface area contributed by atoms with Crippen LogP contribution in [-0.2, 0) is 15.5 Å². The largest absolute Gasteiger partial charge is 0.262 e. The van der Waals surface area contributed by atoms with E-state index < -0.39 is 9.05 Å². The van der Waals surface area contributed by atoms with Crippen LogP contribution in [0.25, 0.3) is 0 Å². The summed E-state index contributed by atoms with van der Waals surface area (Å²) in [5.74, 6) is 0. The maximum absolute atomic E-state index is 11.3. The van der Waals surface area contributed by atoms with E-state index in [9.17, 15) is 8.42 Å². The van der Waals surface area contributed by atoms with Crippen molar-refractivity contribution in [2.75, 3.05) is 0 Å². The highest BCUT2D eigenvalue weighted by Gasteiger charge is 2.21. The normalized spacial score (nSPS) is 11.1. The van der Waals surface area contributed by atoms with Crippen molar-refractivity contribution in [1.82, 2.24) is 0 Å². The van der Waals surface area contributed by atoms with Crippen molar-refractivity contribution in [3.63, 3.8) is 0 Å². The van der Waals surface area contributed by atoms with E-state index in [0.29, 0.717) is 17.0 Å². The van der Waals surface area contributed by atoms with Crippen LogP contribution in [0.5, 0.6) is 0 Å². The van der Waals surface area contributed by atoms with Gasteiger partial charge in [0.25, 0.3) is 9.05 Å². The molecule has 0 bridgehead atoms. The zero-order chi connectivity index (χ0) is 11.6. The van der Waals surface area contributed by atoms with E-state index in [4.69, 9.17) is 27.5 Å². The first kappa shape index (κ1) is 12.3. The van der Waals surface area contributed by atoms with Crippen molar-refractivity contribution < 1.29 is 8.42 Å². The molecule has 0 aliphatic carbocycles. The lowest BCUT2D eigenvalue weighted by Gasteiger charge is -2.08. The van der Waals surface area contributed by atoms with Gasteiger partial charge in [0.05, 0.1) is 5.56 Å². The smallest absolute Gasteiger partial charge is 0.207 e. The third kappa shape index (κ3) is 2.43. The predicted octanol–water partition coefficient (Wildman–Crippen LogP) is 2.70. The molecule has 0 saturated carbocycles. The van der Waals surface area contributed by atoms with Crippen molar-refractivity contribution in [2.24, 2.45) is 0 Å². The van der Waals surface area contributed by atoms with Gasteiger partial charge in [-0.15, -0.1) is 0 Å². The standard InChI is InChI=1S/C9H7Cl2NO2S/c1-2-7-8(10)4-3-6(5-12)9(7)15(11,13)14/h3-4H,2H2,1H3. The second-order valence-electron chi connectivity index (χ2n) is 2.81. The molecule has 0 N–H and O–H groups in total. The first-order valence-corrected chi connectivity index (χ1v) is 6.76. The van der Waals surface area contributed by atoms with Crippen LogP contribution in [0.1, 0.15) is 18.1 Å². The zero-order valence-electron chi connectivity index (χ0n) is 7.79. The van der Waals surface area contributed by atoms with Crippen LogP contribution in [0.4, 0.5) is 0 Å². The summed E-state index contributed by atoms with van der Waals surface area (Å²) < 4.78 is 22.6. The third-order valence-corrected chi connectivity index (χ3v) is 3.69. The Balaban J connectivity index is 3.73. The predicted molar refractivity (Wildman–Crippen MR) is 58.6 cm³/mol. The molecule has 0 atom stereocenters. The molecule has 0 radical (unpaired) electrons. The third-order valence-electron chi connectivity index (χ3n) is 1.92. The van der Waals surface area contributed by atoms with Crippen molar-refractivity contribution in [2.45, 2.75) is 18.2 Å². The minimum atomic E-state index is -3.95. The van der Waals surface area contributed by atoms with Gasteiger partial charge in [-0.3, -0.25) is 0 Å². The molecule has 1 aromatic rings. The highest BCUT2D eigenvalue weighted by atomic mass is 35.7. The second-order valence-corrected chi connectivity index (χ2v) is 5.72. The first-order valence-electron chi connectivity index (χ1n) is 4.08. The molecule has 1 rings (SSSR count). The number of hydrogen-bond acceptors (Lipinski definition) is 3. The van der Waals surface area contributed by atoms with Crippen LogP contribution >= 0.6 is 22.3 Å².